The number of piperidine rings is 1. The van der Waals surface area contributed by atoms with Gasteiger partial charge in [0.1, 0.15) is 11.7 Å². The van der Waals surface area contributed by atoms with Gasteiger partial charge in [-0.25, -0.2) is 4.79 Å². The van der Waals surface area contributed by atoms with Crippen LogP contribution in [-0.4, -0.2) is 53.6 Å². The fourth-order valence-corrected chi connectivity index (χ4v) is 2.12. The van der Waals surface area contributed by atoms with E-state index in [0.717, 1.165) is 0 Å². The van der Waals surface area contributed by atoms with Gasteiger partial charge in [-0.2, -0.15) is 0 Å². The molecule has 5 nitrogen and oxygen atoms in total. The summed E-state index contributed by atoms with van der Waals surface area (Å²) in [7, 11) is 0. The van der Waals surface area contributed by atoms with Crippen molar-refractivity contribution in [3.05, 3.63) is 0 Å². The maximum atomic E-state index is 11.8. The van der Waals surface area contributed by atoms with Gasteiger partial charge < -0.3 is 19.5 Å². The molecular formula is C11H19NO4. The minimum atomic E-state index is -0.479. The van der Waals surface area contributed by atoms with Gasteiger partial charge >= 0.3 is 6.09 Å². The fourth-order valence-electron chi connectivity index (χ4n) is 2.12. The van der Waals surface area contributed by atoms with E-state index in [1.807, 2.05) is 20.8 Å². The van der Waals surface area contributed by atoms with Crippen molar-refractivity contribution in [2.45, 2.75) is 38.6 Å². The molecule has 2 fully saturated rings. The second-order valence-electron chi connectivity index (χ2n) is 5.51. The Hall–Kier alpha value is -0.810. The first-order valence-electron chi connectivity index (χ1n) is 5.64. The van der Waals surface area contributed by atoms with Gasteiger partial charge in [-0.15, -0.1) is 0 Å². The number of carbonyl (C=O) groups is 1. The molecule has 16 heavy (non-hydrogen) atoms. The lowest BCUT2D eigenvalue weighted by molar-refractivity contribution is -0.0251. The molecule has 0 aromatic rings. The Kier molecular flexibility index (Phi) is 2.84. The summed E-state index contributed by atoms with van der Waals surface area (Å²) in [6.45, 7) is 7.00. The van der Waals surface area contributed by atoms with Crippen LogP contribution in [0, 0.1) is 5.92 Å². The summed E-state index contributed by atoms with van der Waals surface area (Å²) in [5, 5.41) is 9.74. The predicted molar refractivity (Wildman–Crippen MR) is 57.0 cm³/mol. The summed E-state index contributed by atoms with van der Waals surface area (Å²) in [4.78, 5) is 13.4. The lowest BCUT2D eigenvalue weighted by Gasteiger charge is -2.34. The van der Waals surface area contributed by atoms with Crippen LogP contribution in [0.5, 0.6) is 0 Å². The number of aliphatic hydroxyl groups excluding tert-OH is 1. The van der Waals surface area contributed by atoms with Gasteiger partial charge in [-0.05, 0) is 20.8 Å². The summed E-state index contributed by atoms with van der Waals surface area (Å²) in [5.41, 5.74) is -0.479. The van der Waals surface area contributed by atoms with E-state index in [1.54, 1.807) is 4.90 Å². The van der Waals surface area contributed by atoms with Crippen molar-refractivity contribution in [2.75, 3.05) is 19.7 Å². The number of fused-ring (bicyclic) bond motifs is 2. The van der Waals surface area contributed by atoms with Crippen molar-refractivity contribution in [3.63, 3.8) is 0 Å². The molecule has 0 aromatic heterocycles. The van der Waals surface area contributed by atoms with Gasteiger partial charge in [-0.1, -0.05) is 0 Å². The van der Waals surface area contributed by atoms with Gasteiger partial charge in [-0.3, -0.25) is 0 Å². The van der Waals surface area contributed by atoms with E-state index < -0.39 is 11.7 Å². The second-order valence-corrected chi connectivity index (χ2v) is 5.51. The maximum absolute atomic E-state index is 11.8. The van der Waals surface area contributed by atoms with Crippen molar-refractivity contribution in [3.8, 4) is 0 Å². The molecule has 0 aromatic carbocycles. The topological polar surface area (TPSA) is 59.0 Å². The normalized spacial score (nSPS) is 34.0. The van der Waals surface area contributed by atoms with Crippen LogP contribution in [0.15, 0.2) is 0 Å². The first-order valence-corrected chi connectivity index (χ1v) is 5.64. The van der Waals surface area contributed by atoms with Crippen molar-refractivity contribution >= 4 is 6.09 Å². The van der Waals surface area contributed by atoms with Gasteiger partial charge in [0.05, 0.1) is 19.3 Å². The number of nitrogens with zero attached hydrogens (tertiary/aromatic N) is 1. The van der Waals surface area contributed by atoms with Crippen LogP contribution in [0.3, 0.4) is 0 Å². The van der Waals surface area contributed by atoms with Crippen LogP contribution < -0.4 is 0 Å². The van der Waals surface area contributed by atoms with Gasteiger partial charge in [0.15, 0.2) is 0 Å². The van der Waals surface area contributed by atoms with Crippen molar-refractivity contribution in [2.24, 2.45) is 5.92 Å². The zero-order valence-electron chi connectivity index (χ0n) is 9.97. The van der Waals surface area contributed by atoms with Crippen molar-refractivity contribution < 1.29 is 19.4 Å². The Morgan fingerprint density at radius 1 is 1.44 bits per heavy atom. The molecule has 0 aliphatic carbocycles. The number of rotatable bonds is 0. The summed E-state index contributed by atoms with van der Waals surface area (Å²) < 4.78 is 10.7. The third-order valence-corrected chi connectivity index (χ3v) is 2.90. The zero-order valence-corrected chi connectivity index (χ0v) is 9.97. The monoisotopic (exact) mass is 229 g/mol. The maximum Gasteiger partial charge on any atom is 0.410 e. The predicted octanol–water partition coefficient (Wildman–Crippen LogP) is 0.613. The molecular weight excluding hydrogens is 210 g/mol. The first-order chi connectivity index (χ1) is 7.37. The highest BCUT2D eigenvalue weighted by Crippen LogP contribution is 2.28. The van der Waals surface area contributed by atoms with Crippen LogP contribution in [-0.2, 0) is 9.47 Å². The molecule has 1 amide bonds. The molecule has 2 saturated heterocycles. The molecule has 2 aliphatic rings. The van der Waals surface area contributed by atoms with Crippen molar-refractivity contribution in [1.82, 2.24) is 4.90 Å². The number of hydrogen-bond acceptors (Lipinski definition) is 4. The minimum Gasteiger partial charge on any atom is -0.444 e. The van der Waals surface area contributed by atoms with Crippen LogP contribution in [0.4, 0.5) is 4.79 Å². The van der Waals surface area contributed by atoms with Crippen LogP contribution in [0.1, 0.15) is 20.8 Å². The van der Waals surface area contributed by atoms with Gasteiger partial charge in [0, 0.05) is 12.5 Å². The van der Waals surface area contributed by atoms with E-state index in [1.165, 1.54) is 0 Å². The Balaban J connectivity index is 1.95. The molecule has 0 saturated carbocycles. The summed E-state index contributed by atoms with van der Waals surface area (Å²) in [6, 6.07) is 0. The highest BCUT2D eigenvalue weighted by Gasteiger charge is 2.44. The van der Waals surface area contributed by atoms with E-state index in [4.69, 9.17) is 9.47 Å². The Morgan fingerprint density at radius 3 is 2.69 bits per heavy atom. The second kappa shape index (κ2) is 3.89. The molecule has 92 valence electrons. The fraction of sp³-hybridized carbons (Fsp3) is 0.909. The number of hydrogen-bond donors (Lipinski definition) is 1. The molecule has 3 atom stereocenters. The third-order valence-electron chi connectivity index (χ3n) is 2.90. The number of likely N-dealkylation sites (tertiary alicyclic amines) is 1. The minimum absolute atomic E-state index is 0.0336. The molecule has 0 radical (unpaired) electrons. The van der Waals surface area contributed by atoms with Crippen molar-refractivity contribution in [1.29, 1.82) is 0 Å². The highest BCUT2D eigenvalue weighted by molar-refractivity contribution is 5.68. The zero-order chi connectivity index (χ0) is 11.9. The molecule has 2 aliphatic heterocycles. The molecule has 0 spiro atoms. The number of ether oxygens (including phenoxy) is 2. The lowest BCUT2D eigenvalue weighted by atomic mass is 9.97. The quantitative estimate of drug-likeness (QED) is 0.661. The third kappa shape index (κ3) is 2.30. The molecule has 1 N–H and O–H groups in total. The molecule has 5 heteroatoms. The summed E-state index contributed by atoms with van der Waals surface area (Å²) >= 11 is 0. The lowest BCUT2D eigenvalue weighted by Crippen LogP contribution is -2.51. The van der Waals surface area contributed by atoms with E-state index in [2.05, 4.69) is 0 Å². The SMILES string of the molecule is CC(C)(C)OC(=O)N1CC2COC(C1)C2O. The molecule has 2 heterocycles. The number of carbonyl (C=O) groups excluding carboxylic acids is 1. The average molecular weight is 229 g/mol. The Morgan fingerprint density at radius 2 is 2.12 bits per heavy atom. The largest absolute Gasteiger partial charge is 0.444 e. The van der Waals surface area contributed by atoms with E-state index in [9.17, 15) is 9.90 Å². The summed E-state index contributed by atoms with van der Waals surface area (Å²) in [5.74, 6) is 0.0336. The molecule has 3 unspecified atom stereocenters. The van der Waals surface area contributed by atoms with Gasteiger partial charge in [0.25, 0.3) is 0 Å². The Bertz CT molecular complexity index is 272. The summed E-state index contributed by atoms with van der Waals surface area (Å²) in [6.07, 6.45) is -0.996. The molecule has 2 bridgehead atoms. The average Bonchev–Trinajstić information content (AvgIpc) is 2.38. The standard InChI is InChI=1S/C11H19NO4/c1-11(2,3)16-10(14)12-4-7-6-15-8(5-12)9(7)13/h7-9,13H,4-6H2,1-3H3. The van der Waals surface area contributed by atoms with E-state index in [0.29, 0.717) is 19.7 Å². The van der Waals surface area contributed by atoms with E-state index in [-0.39, 0.29) is 18.1 Å². The smallest absolute Gasteiger partial charge is 0.410 e. The van der Waals surface area contributed by atoms with E-state index >= 15 is 0 Å². The van der Waals surface area contributed by atoms with Gasteiger partial charge in [0.2, 0.25) is 0 Å². The first kappa shape index (κ1) is 11.7. The number of aliphatic hydroxyl groups is 1. The highest BCUT2D eigenvalue weighted by atomic mass is 16.6. The Labute approximate surface area is 95.3 Å². The molecule has 2 rings (SSSR count). The van der Waals surface area contributed by atoms with Crippen LogP contribution in [0.25, 0.3) is 0 Å². The van der Waals surface area contributed by atoms with Crippen LogP contribution >= 0.6 is 0 Å². The number of amides is 1. The van der Waals surface area contributed by atoms with Crippen LogP contribution in [0.2, 0.25) is 0 Å².